The smallest absolute Gasteiger partial charge is 0.340 e. The molecule has 0 unspecified atom stereocenters. The van der Waals surface area contributed by atoms with Crippen LogP contribution in [0.15, 0.2) is 59.5 Å². The Morgan fingerprint density at radius 3 is 2.33 bits per heavy atom. The van der Waals surface area contributed by atoms with Crippen LogP contribution in [-0.4, -0.2) is 34.5 Å². The molecule has 0 aliphatic heterocycles. The molecule has 0 spiro atoms. The van der Waals surface area contributed by atoms with Gasteiger partial charge < -0.3 is 10.1 Å². The van der Waals surface area contributed by atoms with Gasteiger partial charge in [0, 0.05) is 12.8 Å². The molecule has 0 radical (unpaired) electrons. The van der Waals surface area contributed by atoms with Crippen molar-refractivity contribution in [3.63, 3.8) is 0 Å². The number of amides is 3. The molecule has 0 bridgehead atoms. The van der Waals surface area contributed by atoms with Crippen LogP contribution >= 0.6 is 0 Å². The number of hydrogen-bond acceptors (Lipinski definition) is 5. The Labute approximate surface area is 159 Å². The van der Waals surface area contributed by atoms with Gasteiger partial charge in [-0.05, 0) is 24.6 Å². The van der Waals surface area contributed by atoms with Crippen molar-refractivity contribution < 1.29 is 23.3 Å². The molecule has 0 saturated heterocycles. The van der Waals surface area contributed by atoms with Gasteiger partial charge in [0.25, 0.3) is 5.91 Å². The monoisotopic (exact) mass is 388 g/mol. The van der Waals surface area contributed by atoms with Crippen molar-refractivity contribution in [2.24, 2.45) is 0 Å². The lowest BCUT2D eigenvalue weighted by atomic mass is 10.2. The van der Waals surface area contributed by atoms with Gasteiger partial charge in [0.15, 0.2) is 6.10 Å². The highest BCUT2D eigenvalue weighted by Gasteiger charge is 2.22. The van der Waals surface area contributed by atoms with Crippen molar-refractivity contribution in [2.75, 3.05) is 6.26 Å². The Balaban J connectivity index is 1.89. The topological polar surface area (TPSA) is 102 Å². The first-order chi connectivity index (χ1) is 12.9. The maximum Gasteiger partial charge on any atom is 0.340 e. The molecule has 2 atom stereocenters. The molecule has 7 nitrogen and oxygen atoms in total. The first-order valence-corrected chi connectivity index (χ1v) is 9.70. The van der Waals surface area contributed by atoms with E-state index in [1.54, 1.807) is 18.2 Å². The summed E-state index contributed by atoms with van der Waals surface area (Å²) in [6.07, 6.45) is 0.248. The van der Waals surface area contributed by atoms with E-state index >= 15 is 0 Å². The van der Waals surface area contributed by atoms with E-state index in [-0.39, 0.29) is 12.1 Å². The highest BCUT2D eigenvalue weighted by atomic mass is 32.2. The minimum atomic E-state index is -1.38. The number of carbonyl (C=O) groups excluding carboxylic acids is 3. The summed E-state index contributed by atoms with van der Waals surface area (Å²) in [6.45, 7) is 1.60. The van der Waals surface area contributed by atoms with Crippen molar-refractivity contribution in [2.45, 2.75) is 24.5 Å². The molecular formula is C19H20N2O5S. The molecule has 142 valence electrons. The van der Waals surface area contributed by atoms with Crippen LogP contribution in [0.25, 0.3) is 0 Å². The van der Waals surface area contributed by atoms with Gasteiger partial charge in [0.2, 0.25) is 0 Å². The number of benzene rings is 2. The Morgan fingerprint density at radius 2 is 1.67 bits per heavy atom. The summed E-state index contributed by atoms with van der Waals surface area (Å²) in [6, 6.07) is 14.8. The van der Waals surface area contributed by atoms with Gasteiger partial charge in [0.05, 0.1) is 21.3 Å². The van der Waals surface area contributed by atoms with Crippen molar-refractivity contribution >= 4 is 28.7 Å². The fourth-order valence-corrected chi connectivity index (χ4v) is 2.93. The SMILES string of the molecule is C[C@@H](OC(=O)c1ccccc1[S@](C)=O)C(=O)NC(=O)NCc1ccccc1. The zero-order valence-corrected chi connectivity index (χ0v) is 15.7. The predicted molar refractivity (Wildman–Crippen MR) is 100 cm³/mol. The molecule has 0 heterocycles. The Kier molecular flexibility index (Phi) is 7.25. The summed E-state index contributed by atoms with van der Waals surface area (Å²) in [4.78, 5) is 36.4. The largest absolute Gasteiger partial charge is 0.449 e. The van der Waals surface area contributed by atoms with E-state index in [0.29, 0.717) is 4.90 Å². The van der Waals surface area contributed by atoms with E-state index < -0.39 is 34.8 Å². The quantitative estimate of drug-likeness (QED) is 0.737. The average molecular weight is 388 g/mol. The minimum absolute atomic E-state index is 0.117. The van der Waals surface area contributed by atoms with Crippen molar-refractivity contribution in [1.29, 1.82) is 0 Å². The van der Waals surface area contributed by atoms with Gasteiger partial charge in [-0.25, -0.2) is 9.59 Å². The second-order valence-electron chi connectivity index (χ2n) is 5.66. The lowest BCUT2D eigenvalue weighted by molar-refractivity contribution is -0.127. The zero-order chi connectivity index (χ0) is 19.8. The van der Waals surface area contributed by atoms with Gasteiger partial charge in [-0.1, -0.05) is 42.5 Å². The first kappa shape index (κ1) is 20.3. The highest BCUT2D eigenvalue weighted by Crippen LogP contribution is 2.14. The second-order valence-corrected chi connectivity index (χ2v) is 7.00. The molecule has 8 heteroatoms. The normalized spacial score (nSPS) is 12.5. The molecule has 2 aromatic rings. The van der Waals surface area contributed by atoms with Crippen LogP contribution in [-0.2, 0) is 26.9 Å². The summed E-state index contributed by atoms with van der Waals surface area (Å²) in [5.41, 5.74) is 0.996. The number of esters is 1. The van der Waals surface area contributed by atoms with Crippen LogP contribution in [0.1, 0.15) is 22.8 Å². The minimum Gasteiger partial charge on any atom is -0.449 e. The molecule has 3 amide bonds. The number of urea groups is 1. The van der Waals surface area contributed by atoms with Crippen LogP contribution in [0.2, 0.25) is 0 Å². The highest BCUT2D eigenvalue weighted by molar-refractivity contribution is 7.84. The van der Waals surface area contributed by atoms with E-state index in [2.05, 4.69) is 10.6 Å². The summed E-state index contributed by atoms with van der Waals surface area (Å²) < 4.78 is 16.8. The maximum absolute atomic E-state index is 12.2. The number of rotatable bonds is 6. The maximum atomic E-state index is 12.2. The van der Waals surface area contributed by atoms with E-state index in [1.165, 1.54) is 19.2 Å². The molecule has 2 rings (SSSR count). The van der Waals surface area contributed by atoms with Crippen LogP contribution in [0.4, 0.5) is 4.79 Å². The Bertz CT molecular complexity index is 854. The number of hydrogen-bond donors (Lipinski definition) is 2. The van der Waals surface area contributed by atoms with Gasteiger partial charge in [0.1, 0.15) is 0 Å². The van der Waals surface area contributed by atoms with Crippen molar-refractivity contribution in [3.05, 3.63) is 65.7 Å². The third kappa shape index (κ3) is 6.03. The number of nitrogens with one attached hydrogen (secondary N) is 2. The van der Waals surface area contributed by atoms with Gasteiger partial charge in [-0.2, -0.15) is 0 Å². The van der Waals surface area contributed by atoms with E-state index in [4.69, 9.17) is 4.74 Å². The van der Waals surface area contributed by atoms with Crippen LogP contribution < -0.4 is 10.6 Å². The molecule has 0 aliphatic rings. The fraction of sp³-hybridized carbons (Fsp3) is 0.211. The lowest BCUT2D eigenvalue weighted by Gasteiger charge is -2.14. The average Bonchev–Trinajstić information content (AvgIpc) is 2.67. The van der Waals surface area contributed by atoms with Crippen LogP contribution in [0.5, 0.6) is 0 Å². The molecular weight excluding hydrogens is 368 g/mol. The Morgan fingerprint density at radius 1 is 1.04 bits per heavy atom. The van der Waals surface area contributed by atoms with E-state index in [1.807, 2.05) is 30.3 Å². The fourth-order valence-electron chi connectivity index (χ4n) is 2.20. The third-order valence-corrected chi connectivity index (χ3v) is 4.58. The molecule has 2 aromatic carbocycles. The molecule has 0 saturated carbocycles. The van der Waals surface area contributed by atoms with E-state index in [0.717, 1.165) is 5.56 Å². The second kappa shape index (κ2) is 9.63. The van der Waals surface area contributed by atoms with Gasteiger partial charge in [-0.3, -0.25) is 14.3 Å². The summed E-state index contributed by atoms with van der Waals surface area (Å²) in [5, 5.41) is 4.66. The molecule has 27 heavy (non-hydrogen) atoms. The van der Waals surface area contributed by atoms with E-state index in [9.17, 15) is 18.6 Å². The molecule has 0 fully saturated rings. The van der Waals surface area contributed by atoms with Gasteiger partial charge >= 0.3 is 12.0 Å². The number of carbonyl (C=O) groups is 3. The van der Waals surface area contributed by atoms with Crippen molar-refractivity contribution in [3.8, 4) is 0 Å². The number of ether oxygens (including phenoxy) is 1. The summed E-state index contributed by atoms with van der Waals surface area (Å²) in [5.74, 6) is -1.54. The lowest BCUT2D eigenvalue weighted by Crippen LogP contribution is -2.44. The first-order valence-electron chi connectivity index (χ1n) is 8.14. The van der Waals surface area contributed by atoms with Crippen LogP contribution in [0, 0.1) is 0 Å². The predicted octanol–water partition coefficient (Wildman–Crippen LogP) is 2.00. The van der Waals surface area contributed by atoms with Crippen molar-refractivity contribution in [1.82, 2.24) is 10.6 Å². The molecule has 0 aliphatic carbocycles. The third-order valence-electron chi connectivity index (χ3n) is 3.60. The zero-order valence-electron chi connectivity index (χ0n) is 14.9. The Hall–Kier alpha value is -3.00. The summed E-state index contributed by atoms with van der Waals surface area (Å²) in [7, 11) is -1.38. The van der Waals surface area contributed by atoms with Gasteiger partial charge in [-0.15, -0.1) is 0 Å². The standard InChI is InChI=1S/C19H20N2O5S/c1-13(26-18(23)15-10-6-7-11-16(15)27(2)25)17(22)21-19(24)20-12-14-8-4-3-5-9-14/h3-11,13H,12H2,1-2H3,(H2,20,21,22,24)/t13-,27+/m1/s1. The molecule has 0 aromatic heterocycles. The molecule has 2 N–H and O–H groups in total. The van der Waals surface area contributed by atoms with Crippen LogP contribution in [0.3, 0.4) is 0 Å². The number of imide groups is 1. The summed E-state index contributed by atoms with van der Waals surface area (Å²) >= 11 is 0.